The lowest BCUT2D eigenvalue weighted by atomic mass is 10.2. The second kappa shape index (κ2) is 3.80. The Kier molecular flexibility index (Phi) is 2.47. The second-order valence-electron chi connectivity index (χ2n) is 3.74. The van der Waals surface area contributed by atoms with Gasteiger partial charge in [0.2, 0.25) is 11.8 Å². The number of rotatable bonds is 1. The standard InChI is InChI=1S/C10H12N4O2/c1-6-2-7(11)3-12-10(6)14-4-8(15)13-9(16)5-14/h2-3H,4-5,11H2,1H3,(H,13,15,16). The van der Waals surface area contributed by atoms with Gasteiger partial charge >= 0.3 is 0 Å². The first-order valence-electron chi connectivity index (χ1n) is 4.86. The molecule has 16 heavy (non-hydrogen) atoms. The van der Waals surface area contributed by atoms with Gasteiger partial charge in [-0.1, -0.05) is 0 Å². The van der Waals surface area contributed by atoms with Crippen molar-refractivity contribution in [2.24, 2.45) is 0 Å². The number of hydrogen-bond acceptors (Lipinski definition) is 5. The summed E-state index contributed by atoms with van der Waals surface area (Å²) in [7, 11) is 0. The first kappa shape index (κ1) is 10.4. The van der Waals surface area contributed by atoms with Crippen molar-refractivity contribution in [2.45, 2.75) is 6.92 Å². The van der Waals surface area contributed by atoms with Gasteiger partial charge in [-0.2, -0.15) is 0 Å². The Bertz CT molecular complexity index is 442. The minimum Gasteiger partial charge on any atom is -0.397 e. The summed E-state index contributed by atoms with van der Waals surface area (Å²) < 4.78 is 0. The van der Waals surface area contributed by atoms with E-state index in [1.807, 2.05) is 6.92 Å². The van der Waals surface area contributed by atoms with Gasteiger partial charge < -0.3 is 10.6 Å². The molecule has 2 heterocycles. The number of aryl methyl sites for hydroxylation is 1. The van der Waals surface area contributed by atoms with Crippen LogP contribution in [0.15, 0.2) is 12.3 Å². The third kappa shape index (κ3) is 1.95. The molecule has 0 spiro atoms. The van der Waals surface area contributed by atoms with Gasteiger partial charge in [0, 0.05) is 0 Å². The molecule has 2 amide bonds. The zero-order chi connectivity index (χ0) is 11.7. The number of aromatic nitrogens is 1. The third-order valence-electron chi connectivity index (χ3n) is 2.32. The lowest BCUT2D eigenvalue weighted by molar-refractivity contribution is -0.130. The van der Waals surface area contributed by atoms with E-state index in [-0.39, 0.29) is 24.9 Å². The van der Waals surface area contributed by atoms with E-state index in [1.165, 1.54) is 6.20 Å². The number of amides is 2. The first-order chi connectivity index (χ1) is 7.56. The van der Waals surface area contributed by atoms with Crippen LogP contribution in [-0.2, 0) is 9.59 Å². The SMILES string of the molecule is Cc1cc(N)cnc1N1CC(=O)NC(=O)C1. The zero-order valence-corrected chi connectivity index (χ0v) is 8.86. The van der Waals surface area contributed by atoms with Gasteiger partial charge in [0.15, 0.2) is 0 Å². The Morgan fingerprint density at radius 2 is 2.00 bits per heavy atom. The Morgan fingerprint density at radius 1 is 1.38 bits per heavy atom. The molecular weight excluding hydrogens is 208 g/mol. The maximum atomic E-state index is 11.2. The summed E-state index contributed by atoms with van der Waals surface area (Å²) >= 11 is 0. The summed E-state index contributed by atoms with van der Waals surface area (Å²) in [6.07, 6.45) is 1.51. The molecule has 0 bridgehead atoms. The molecule has 0 saturated carbocycles. The summed E-state index contributed by atoms with van der Waals surface area (Å²) in [4.78, 5) is 28.2. The quantitative estimate of drug-likeness (QED) is 0.619. The number of nitrogens with two attached hydrogens (primary N) is 1. The maximum Gasteiger partial charge on any atom is 0.246 e. The van der Waals surface area contributed by atoms with Crippen LogP contribution in [0.25, 0.3) is 0 Å². The molecule has 1 aromatic heterocycles. The molecule has 0 unspecified atom stereocenters. The van der Waals surface area contributed by atoms with Crippen molar-refractivity contribution in [1.29, 1.82) is 0 Å². The van der Waals surface area contributed by atoms with Gasteiger partial charge in [-0.15, -0.1) is 0 Å². The minimum atomic E-state index is -0.311. The molecule has 6 nitrogen and oxygen atoms in total. The van der Waals surface area contributed by atoms with E-state index in [0.29, 0.717) is 11.5 Å². The number of carbonyl (C=O) groups excluding carboxylic acids is 2. The van der Waals surface area contributed by atoms with Crippen LogP contribution in [0, 0.1) is 6.92 Å². The zero-order valence-electron chi connectivity index (χ0n) is 8.86. The topological polar surface area (TPSA) is 88.3 Å². The average Bonchev–Trinajstić information content (AvgIpc) is 2.15. The highest BCUT2D eigenvalue weighted by molar-refractivity contribution is 6.02. The largest absolute Gasteiger partial charge is 0.397 e. The monoisotopic (exact) mass is 220 g/mol. The van der Waals surface area contributed by atoms with Crippen LogP contribution in [-0.4, -0.2) is 29.9 Å². The van der Waals surface area contributed by atoms with Gasteiger partial charge in [-0.25, -0.2) is 4.98 Å². The molecule has 0 atom stereocenters. The number of imide groups is 1. The summed E-state index contributed by atoms with van der Waals surface area (Å²) in [5, 5.41) is 2.24. The van der Waals surface area contributed by atoms with E-state index in [1.54, 1.807) is 11.0 Å². The molecule has 2 rings (SSSR count). The van der Waals surface area contributed by atoms with Crippen molar-refractivity contribution in [1.82, 2.24) is 10.3 Å². The number of hydrogen-bond donors (Lipinski definition) is 2. The predicted octanol–water partition coefficient (Wildman–Crippen LogP) is -0.565. The fourth-order valence-corrected chi connectivity index (χ4v) is 1.71. The second-order valence-corrected chi connectivity index (χ2v) is 3.74. The van der Waals surface area contributed by atoms with Crippen LogP contribution in [0.5, 0.6) is 0 Å². The molecule has 6 heteroatoms. The predicted molar refractivity (Wildman–Crippen MR) is 58.7 cm³/mol. The van der Waals surface area contributed by atoms with Gasteiger partial charge in [0.1, 0.15) is 5.82 Å². The first-order valence-corrected chi connectivity index (χ1v) is 4.86. The van der Waals surface area contributed by atoms with Gasteiger partial charge in [-0.3, -0.25) is 14.9 Å². The summed E-state index contributed by atoms with van der Waals surface area (Å²) in [5.41, 5.74) is 7.00. The van der Waals surface area contributed by atoms with E-state index < -0.39 is 0 Å². The van der Waals surface area contributed by atoms with Crippen molar-refractivity contribution in [3.8, 4) is 0 Å². The highest BCUT2D eigenvalue weighted by Gasteiger charge is 2.24. The third-order valence-corrected chi connectivity index (χ3v) is 2.32. The highest BCUT2D eigenvalue weighted by atomic mass is 16.2. The summed E-state index contributed by atoms with van der Waals surface area (Å²) in [6.45, 7) is 2.13. The molecule has 1 aromatic rings. The minimum absolute atomic E-state index is 0.142. The molecule has 1 saturated heterocycles. The van der Waals surface area contributed by atoms with E-state index in [4.69, 9.17) is 5.73 Å². The van der Waals surface area contributed by atoms with Crippen molar-refractivity contribution in [3.05, 3.63) is 17.8 Å². The van der Waals surface area contributed by atoms with Crippen LogP contribution in [0.1, 0.15) is 5.56 Å². The van der Waals surface area contributed by atoms with Crippen molar-refractivity contribution >= 4 is 23.3 Å². The Hall–Kier alpha value is -2.11. The number of pyridine rings is 1. The van der Waals surface area contributed by atoms with Crippen LogP contribution >= 0.6 is 0 Å². The summed E-state index contributed by atoms with van der Waals surface area (Å²) in [5.74, 6) is 0.000880. The van der Waals surface area contributed by atoms with E-state index in [2.05, 4.69) is 10.3 Å². The molecule has 0 radical (unpaired) electrons. The molecule has 0 aromatic carbocycles. The number of anilines is 2. The molecule has 0 aliphatic carbocycles. The van der Waals surface area contributed by atoms with E-state index in [0.717, 1.165) is 5.56 Å². The molecule has 84 valence electrons. The van der Waals surface area contributed by atoms with E-state index in [9.17, 15) is 9.59 Å². The molecule has 1 aliphatic rings. The fraction of sp³-hybridized carbons (Fsp3) is 0.300. The number of carbonyl (C=O) groups is 2. The number of nitrogens with zero attached hydrogens (tertiary/aromatic N) is 2. The van der Waals surface area contributed by atoms with Gasteiger partial charge in [-0.05, 0) is 18.6 Å². The van der Waals surface area contributed by atoms with Crippen LogP contribution < -0.4 is 16.0 Å². The van der Waals surface area contributed by atoms with Crippen molar-refractivity contribution in [2.75, 3.05) is 23.7 Å². The smallest absolute Gasteiger partial charge is 0.246 e. The van der Waals surface area contributed by atoms with Crippen LogP contribution in [0.2, 0.25) is 0 Å². The highest BCUT2D eigenvalue weighted by Crippen LogP contribution is 2.19. The Labute approximate surface area is 92.4 Å². The molecule has 1 aliphatic heterocycles. The molecule has 1 fully saturated rings. The average molecular weight is 220 g/mol. The molecule has 3 N–H and O–H groups in total. The van der Waals surface area contributed by atoms with Crippen LogP contribution in [0.3, 0.4) is 0 Å². The van der Waals surface area contributed by atoms with Gasteiger partial charge in [0.05, 0.1) is 25.0 Å². The van der Waals surface area contributed by atoms with Crippen molar-refractivity contribution < 1.29 is 9.59 Å². The Balaban J connectivity index is 2.29. The number of piperazine rings is 1. The van der Waals surface area contributed by atoms with Crippen molar-refractivity contribution in [3.63, 3.8) is 0 Å². The number of nitrogens with one attached hydrogen (secondary N) is 1. The fourth-order valence-electron chi connectivity index (χ4n) is 1.71. The van der Waals surface area contributed by atoms with Crippen LogP contribution in [0.4, 0.5) is 11.5 Å². The normalized spacial score (nSPS) is 16.2. The lowest BCUT2D eigenvalue weighted by Gasteiger charge is -2.27. The maximum absolute atomic E-state index is 11.2. The Morgan fingerprint density at radius 3 is 2.56 bits per heavy atom. The van der Waals surface area contributed by atoms with Gasteiger partial charge in [0.25, 0.3) is 0 Å². The lowest BCUT2D eigenvalue weighted by Crippen LogP contribution is -2.52. The van der Waals surface area contributed by atoms with E-state index >= 15 is 0 Å². The molecular formula is C10H12N4O2. The summed E-state index contributed by atoms with van der Waals surface area (Å²) in [6, 6.07) is 1.76. The number of nitrogen functional groups attached to an aromatic ring is 1.